The highest BCUT2D eigenvalue weighted by Gasteiger charge is 2.06. The number of carbonyl (C=O) groups is 1. The van der Waals surface area contributed by atoms with Crippen molar-refractivity contribution in [2.24, 2.45) is 0 Å². The fraction of sp³-hybridized carbons (Fsp3) is 0.0667. The van der Waals surface area contributed by atoms with E-state index in [0.717, 1.165) is 3.57 Å². The van der Waals surface area contributed by atoms with E-state index in [2.05, 4.69) is 27.9 Å². The summed E-state index contributed by atoms with van der Waals surface area (Å²) in [4.78, 5) is 11.7. The number of ether oxygens (including phenoxy) is 1. The number of nitrogens with zero attached hydrogens (tertiary/aromatic N) is 1. The molecule has 2 rings (SSSR count). The maximum Gasteiger partial charge on any atom is 0.262 e. The van der Waals surface area contributed by atoms with Gasteiger partial charge in [-0.15, -0.1) is 0 Å². The molecule has 0 aliphatic heterocycles. The van der Waals surface area contributed by atoms with Crippen LogP contribution in [0.3, 0.4) is 0 Å². The quantitative estimate of drug-likeness (QED) is 0.832. The van der Waals surface area contributed by atoms with E-state index in [-0.39, 0.29) is 12.5 Å². The highest BCUT2D eigenvalue weighted by molar-refractivity contribution is 14.1. The molecule has 1 N–H and O–H groups in total. The molecule has 5 heteroatoms. The minimum Gasteiger partial charge on any atom is -0.482 e. The second-order valence-corrected chi connectivity index (χ2v) is 5.20. The van der Waals surface area contributed by atoms with Crippen LogP contribution in [0.2, 0.25) is 0 Å². The molecule has 0 aliphatic carbocycles. The Bertz CT molecular complexity index is 648. The summed E-state index contributed by atoms with van der Waals surface area (Å²) in [7, 11) is 0. The van der Waals surface area contributed by atoms with Crippen molar-refractivity contribution < 1.29 is 9.53 Å². The van der Waals surface area contributed by atoms with Crippen molar-refractivity contribution >= 4 is 34.2 Å². The molecular weight excluding hydrogens is 367 g/mol. The van der Waals surface area contributed by atoms with Crippen LogP contribution in [0, 0.1) is 14.9 Å². The van der Waals surface area contributed by atoms with E-state index in [4.69, 9.17) is 10.00 Å². The highest BCUT2D eigenvalue weighted by Crippen LogP contribution is 2.16. The molecule has 0 aliphatic rings. The highest BCUT2D eigenvalue weighted by atomic mass is 127. The number of rotatable bonds is 4. The third-order valence-electron chi connectivity index (χ3n) is 2.49. The summed E-state index contributed by atoms with van der Waals surface area (Å²) in [6.07, 6.45) is 0. The lowest BCUT2D eigenvalue weighted by atomic mass is 10.2. The Kier molecular flexibility index (Phi) is 4.96. The van der Waals surface area contributed by atoms with Gasteiger partial charge in [0.2, 0.25) is 0 Å². The molecule has 0 atom stereocenters. The van der Waals surface area contributed by atoms with Crippen molar-refractivity contribution in [3.05, 3.63) is 57.7 Å². The largest absolute Gasteiger partial charge is 0.482 e. The molecule has 0 spiro atoms. The van der Waals surface area contributed by atoms with Crippen LogP contribution in [0.5, 0.6) is 5.75 Å². The van der Waals surface area contributed by atoms with E-state index in [1.165, 1.54) is 0 Å². The van der Waals surface area contributed by atoms with Gasteiger partial charge in [-0.1, -0.05) is 12.1 Å². The maximum absolute atomic E-state index is 11.7. The first-order chi connectivity index (χ1) is 9.69. The van der Waals surface area contributed by atoms with Crippen molar-refractivity contribution in [2.75, 3.05) is 11.9 Å². The van der Waals surface area contributed by atoms with Crippen molar-refractivity contribution in [1.82, 2.24) is 0 Å². The Morgan fingerprint density at radius 2 is 1.90 bits per heavy atom. The third-order valence-corrected chi connectivity index (χ3v) is 3.21. The Morgan fingerprint density at radius 3 is 2.60 bits per heavy atom. The molecule has 0 fully saturated rings. The SMILES string of the molecule is N#Cc1ccccc1OCC(=O)Nc1ccc(I)cc1. The molecule has 0 radical (unpaired) electrons. The van der Waals surface area contributed by atoms with Crippen LogP contribution >= 0.6 is 22.6 Å². The molecule has 0 saturated carbocycles. The second kappa shape index (κ2) is 6.91. The first-order valence-electron chi connectivity index (χ1n) is 5.86. The molecule has 0 bridgehead atoms. The molecule has 0 unspecified atom stereocenters. The van der Waals surface area contributed by atoms with Crippen LogP contribution in [0.4, 0.5) is 5.69 Å². The summed E-state index contributed by atoms with van der Waals surface area (Å²) in [6, 6.07) is 16.3. The summed E-state index contributed by atoms with van der Waals surface area (Å²) < 4.78 is 6.45. The third kappa shape index (κ3) is 3.96. The zero-order chi connectivity index (χ0) is 14.4. The average Bonchev–Trinajstić information content (AvgIpc) is 2.48. The van der Waals surface area contributed by atoms with Gasteiger partial charge < -0.3 is 10.1 Å². The molecule has 20 heavy (non-hydrogen) atoms. The van der Waals surface area contributed by atoms with Gasteiger partial charge in [-0.3, -0.25) is 4.79 Å². The molecule has 2 aromatic rings. The maximum atomic E-state index is 11.7. The second-order valence-electron chi connectivity index (χ2n) is 3.95. The van der Waals surface area contributed by atoms with Crippen molar-refractivity contribution in [3.8, 4) is 11.8 Å². The number of carbonyl (C=O) groups excluding carboxylic acids is 1. The number of amides is 1. The predicted molar refractivity (Wildman–Crippen MR) is 84.4 cm³/mol. The first kappa shape index (κ1) is 14.3. The van der Waals surface area contributed by atoms with Crippen molar-refractivity contribution in [2.45, 2.75) is 0 Å². The topological polar surface area (TPSA) is 62.1 Å². The van der Waals surface area contributed by atoms with E-state index in [0.29, 0.717) is 17.0 Å². The van der Waals surface area contributed by atoms with Crippen LogP contribution in [0.15, 0.2) is 48.5 Å². The van der Waals surface area contributed by atoms with Gasteiger partial charge in [-0.05, 0) is 59.0 Å². The van der Waals surface area contributed by atoms with Gasteiger partial charge in [0.15, 0.2) is 6.61 Å². The number of hydrogen-bond acceptors (Lipinski definition) is 3. The molecule has 0 heterocycles. The Hall–Kier alpha value is -2.07. The minimum atomic E-state index is -0.265. The average molecular weight is 378 g/mol. The standard InChI is InChI=1S/C15H11IN2O2/c16-12-5-7-13(8-6-12)18-15(19)10-20-14-4-2-1-3-11(14)9-17/h1-8H,10H2,(H,18,19). The Morgan fingerprint density at radius 1 is 1.20 bits per heavy atom. The molecule has 100 valence electrons. The van der Waals surface area contributed by atoms with Crippen LogP contribution < -0.4 is 10.1 Å². The van der Waals surface area contributed by atoms with E-state index in [1.54, 1.807) is 24.3 Å². The molecular formula is C15H11IN2O2. The first-order valence-corrected chi connectivity index (χ1v) is 6.94. The molecule has 0 aromatic heterocycles. The summed E-state index contributed by atoms with van der Waals surface area (Å²) in [5.41, 5.74) is 1.13. The molecule has 4 nitrogen and oxygen atoms in total. The van der Waals surface area contributed by atoms with Crippen molar-refractivity contribution in [1.29, 1.82) is 5.26 Å². The van der Waals surface area contributed by atoms with E-state index in [1.807, 2.05) is 30.3 Å². The summed E-state index contributed by atoms with van der Waals surface area (Å²) in [5, 5.41) is 11.6. The Balaban J connectivity index is 1.92. The van der Waals surface area contributed by atoms with Crippen LogP contribution in [0.25, 0.3) is 0 Å². The van der Waals surface area contributed by atoms with E-state index in [9.17, 15) is 4.79 Å². The molecule has 2 aromatic carbocycles. The van der Waals surface area contributed by atoms with Gasteiger partial charge >= 0.3 is 0 Å². The van der Waals surface area contributed by atoms with Gasteiger partial charge in [0.1, 0.15) is 11.8 Å². The minimum absolute atomic E-state index is 0.134. The Labute approximate surface area is 130 Å². The normalized spacial score (nSPS) is 9.60. The van der Waals surface area contributed by atoms with E-state index >= 15 is 0 Å². The van der Waals surface area contributed by atoms with Crippen LogP contribution in [-0.4, -0.2) is 12.5 Å². The fourth-order valence-electron chi connectivity index (χ4n) is 1.56. The number of halogens is 1. The fourth-order valence-corrected chi connectivity index (χ4v) is 1.92. The summed E-state index contributed by atoms with van der Waals surface area (Å²) in [5.74, 6) is 0.145. The van der Waals surface area contributed by atoms with Crippen LogP contribution in [0.1, 0.15) is 5.56 Å². The van der Waals surface area contributed by atoms with Gasteiger partial charge in [0, 0.05) is 9.26 Å². The lowest BCUT2D eigenvalue weighted by molar-refractivity contribution is -0.118. The number of para-hydroxylation sites is 1. The van der Waals surface area contributed by atoms with Gasteiger partial charge in [-0.2, -0.15) is 5.26 Å². The summed E-state index contributed by atoms with van der Waals surface area (Å²) >= 11 is 2.19. The van der Waals surface area contributed by atoms with Gasteiger partial charge in [0.25, 0.3) is 5.91 Å². The monoisotopic (exact) mass is 378 g/mol. The number of benzene rings is 2. The number of anilines is 1. The molecule has 0 saturated heterocycles. The smallest absolute Gasteiger partial charge is 0.262 e. The number of nitrogens with one attached hydrogen (secondary N) is 1. The van der Waals surface area contributed by atoms with Gasteiger partial charge in [-0.25, -0.2) is 0 Å². The number of hydrogen-bond donors (Lipinski definition) is 1. The summed E-state index contributed by atoms with van der Waals surface area (Å²) in [6.45, 7) is -0.134. The zero-order valence-corrected chi connectivity index (χ0v) is 12.6. The van der Waals surface area contributed by atoms with E-state index < -0.39 is 0 Å². The predicted octanol–water partition coefficient (Wildman–Crippen LogP) is 3.18. The van der Waals surface area contributed by atoms with Crippen molar-refractivity contribution in [3.63, 3.8) is 0 Å². The molecule has 1 amide bonds. The zero-order valence-electron chi connectivity index (χ0n) is 10.5. The lowest BCUT2D eigenvalue weighted by Gasteiger charge is -2.08. The number of nitriles is 1. The van der Waals surface area contributed by atoms with Gasteiger partial charge in [0.05, 0.1) is 5.56 Å². The van der Waals surface area contributed by atoms with Crippen LogP contribution in [-0.2, 0) is 4.79 Å². The lowest BCUT2D eigenvalue weighted by Crippen LogP contribution is -2.20.